The number of para-hydroxylation sites is 1. The van der Waals surface area contributed by atoms with E-state index >= 15 is 0 Å². The second-order valence-corrected chi connectivity index (χ2v) is 7.77. The van der Waals surface area contributed by atoms with E-state index in [0.717, 1.165) is 11.3 Å². The van der Waals surface area contributed by atoms with Crippen LogP contribution in [0.2, 0.25) is 0 Å². The molecule has 1 aromatic carbocycles. The van der Waals surface area contributed by atoms with Gasteiger partial charge < -0.3 is 10.1 Å². The molecular formula is C17H22N2O3S. The fourth-order valence-electron chi connectivity index (χ4n) is 2.05. The van der Waals surface area contributed by atoms with E-state index in [1.165, 1.54) is 6.26 Å². The predicted octanol–water partition coefficient (Wildman–Crippen LogP) is 3.13. The number of anilines is 1. The van der Waals surface area contributed by atoms with E-state index in [1.807, 2.05) is 24.3 Å². The van der Waals surface area contributed by atoms with Crippen molar-refractivity contribution < 1.29 is 13.2 Å². The van der Waals surface area contributed by atoms with Crippen molar-refractivity contribution >= 4 is 15.7 Å². The second-order valence-electron chi connectivity index (χ2n) is 5.79. The van der Waals surface area contributed by atoms with Crippen molar-refractivity contribution in [1.82, 2.24) is 4.98 Å². The lowest BCUT2D eigenvalue weighted by Gasteiger charge is -2.14. The zero-order valence-electron chi connectivity index (χ0n) is 13.6. The highest BCUT2D eigenvalue weighted by atomic mass is 32.2. The average molecular weight is 334 g/mol. The molecule has 2 rings (SSSR count). The maximum absolute atomic E-state index is 11.8. The third-order valence-electron chi connectivity index (χ3n) is 3.16. The average Bonchev–Trinajstić information content (AvgIpc) is 2.51. The molecule has 0 aliphatic heterocycles. The van der Waals surface area contributed by atoms with Crippen molar-refractivity contribution in [3.8, 4) is 5.75 Å². The van der Waals surface area contributed by atoms with Gasteiger partial charge in [0.2, 0.25) is 0 Å². The van der Waals surface area contributed by atoms with E-state index < -0.39 is 9.84 Å². The van der Waals surface area contributed by atoms with Gasteiger partial charge in [-0.3, -0.25) is 0 Å². The number of rotatable bonds is 7. The highest BCUT2D eigenvalue weighted by Gasteiger charge is 2.14. The number of hydrogen-bond acceptors (Lipinski definition) is 5. The van der Waals surface area contributed by atoms with Crippen LogP contribution < -0.4 is 10.1 Å². The number of nitrogens with one attached hydrogen (secondary N) is 1. The molecule has 23 heavy (non-hydrogen) atoms. The Bertz CT molecular complexity index is 758. The van der Waals surface area contributed by atoms with Gasteiger partial charge in [-0.05, 0) is 24.1 Å². The van der Waals surface area contributed by atoms with Crippen LogP contribution >= 0.6 is 0 Å². The molecule has 0 fully saturated rings. The first kappa shape index (κ1) is 17.3. The van der Waals surface area contributed by atoms with Gasteiger partial charge in [0.25, 0.3) is 0 Å². The Hall–Kier alpha value is -2.08. The van der Waals surface area contributed by atoms with Crippen LogP contribution in [0.4, 0.5) is 5.82 Å². The second kappa shape index (κ2) is 7.46. The van der Waals surface area contributed by atoms with E-state index in [0.29, 0.717) is 24.9 Å². The molecule has 0 amide bonds. The summed E-state index contributed by atoms with van der Waals surface area (Å²) in [5, 5.41) is 3.09. The van der Waals surface area contributed by atoms with Crippen LogP contribution in [0, 0.1) is 5.92 Å². The molecule has 0 saturated carbocycles. The summed E-state index contributed by atoms with van der Waals surface area (Å²) in [5.41, 5.74) is 0.957. The zero-order chi connectivity index (χ0) is 16.9. The molecule has 5 nitrogen and oxygen atoms in total. The molecule has 124 valence electrons. The number of sulfone groups is 1. The number of ether oxygens (including phenoxy) is 1. The SMILES string of the molecule is CC(C)COc1ccccc1CNc1ncccc1S(C)(=O)=O. The monoisotopic (exact) mass is 334 g/mol. The largest absolute Gasteiger partial charge is 0.493 e. The van der Waals surface area contributed by atoms with Crippen LogP contribution in [0.5, 0.6) is 5.75 Å². The summed E-state index contributed by atoms with van der Waals surface area (Å²) in [6.45, 7) is 5.25. The van der Waals surface area contributed by atoms with E-state index in [2.05, 4.69) is 24.1 Å². The Morgan fingerprint density at radius 3 is 2.61 bits per heavy atom. The molecule has 0 atom stereocenters. The zero-order valence-corrected chi connectivity index (χ0v) is 14.4. The summed E-state index contributed by atoms with van der Waals surface area (Å²) >= 11 is 0. The van der Waals surface area contributed by atoms with Crippen LogP contribution in [0.3, 0.4) is 0 Å². The molecule has 0 radical (unpaired) electrons. The maximum atomic E-state index is 11.8. The number of aromatic nitrogens is 1. The first-order chi connectivity index (χ1) is 10.9. The first-order valence-electron chi connectivity index (χ1n) is 7.47. The van der Waals surface area contributed by atoms with Crippen LogP contribution in [-0.2, 0) is 16.4 Å². The van der Waals surface area contributed by atoms with Crippen molar-refractivity contribution in [3.63, 3.8) is 0 Å². The summed E-state index contributed by atoms with van der Waals surface area (Å²) in [5.74, 6) is 1.59. The Kier molecular flexibility index (Phi) is 5.60. The Labute approximate surface area is 137 Å². The predicted molar refractivity (Wildman–Crippen MR) is 91.4 cm³/mol. The van der Waals surface area contributed by atoms with Crippen molar-refractivity contribution in [3.05, 3.63) is 48.2 Å². The molecule has 1 heterocycles. The van der Waals surface area contributed by atoms with Gasteiger partial charge in [0.15, 0.2) is 9.84 Å². The van der Waals surface area contributed by atoms with Gasteiger partial charge in [0.05, 0.1) is 6.61 Å². The minimum atomic E-state index is -3.33. The summed E-state index contributed by atoms with van der Waals surface area (Å²) < 4.78 is 29.4. The van der Waals surface area contributed by atoms with Gasteiger partial charge in [-0.1, -0.05) is 32.0 Å². The van der Waals surface area contributed by atoms with Crippen LogP contribution in [0.1, 0.15) is 19.4 Å². The number of nitrogens with zero attached hydrogens (tertiary/aromatic N) is 1. The smallest absolute Gasteiger partial charge is 0.179 e. The van der Waals surface area contributed by atoms with Gasteiger partial charge in [0, 0.05) is 24.6 Å². The minimum Gasteiger partial charge on any atom is -0.493 e. The highest BCUT2D eigenvalue weighted by molar-refractivity contribution is 7.90. The lowest BCUT2D eigenvalue weighted by Crippen LogP contribution is -2.10. The summed E-state index contributed by atoms with van der Waals surface area (Å²) in [6, 6.07) is 10.9. The van der Waals surface area contributed by atoms with Gasteiger partial charge in [-0.25, -0.2) is 13.4 Å². The summed E-state index contributed by atoms with van der Waals surface area (Å²) in [7, 11) is -3.33. The van der Waals surface area contributed by atoms with E-state index in [4.69, 9.17) is 4.74 Å². The number of benzene rings is 1. The molecular weight excluding hydrogens is 312 g/mol. The number of pyridine rings is 1. The molecule has 1 aromatic heterocycles. The Balaban J connectivity index is 2.16. The third-order valence-corrected chi connectivity index (χ3v) is 4.29. The van der Waals surface area contributed by atoms with Crippen molar-refractivity contribution in [1.29, 1.82) is 0 Å². The van der Waals surface area contributed by atoms with Gasteiger partial charge in [-0.15, -0.1) is 0 Å². The van der Waals surface area contributed by atoms with Crippen LogP contribution in [-0.4, -0.2) is 26.3 Å². The van der Waals surface area contributed by atoms with Crippen molar-refractivity contribution in [2.75, 3.05) is 18.2 Å². The molecule has 0 bridgehead atoms. The van der Waals surface area contributed by atoms with Gasteiger partial charge in [0.1, 0.15) is 16.5 Å². The molecule has 2 aromatic rings. The topological polar surface area (TPSA) is 68.3 Å². The molecule has 0 saturated heterocycles. The van der Waals surface area contributed by atoms with Gasteiger partial charge in [-0.2, -0.15) is 0 Å². The lowest BCUT2D eigenvalue weighted by molar-refractivity contribution is 0.269. The number of hydrogen-bond donors (Lipinski definition) is 1. The Morgan fingerprint density at radius 2 is 1.91 bits per heavy atom. The lowest BCUT2D eigenvalue weighted by atomic mass is 10.2. The minimum absolute atomic E-state index is 0.195. The molecule has 0 unspecified atom stereocenters. The highest BCUT2D eigenvalue weighted by Crippen LogP contribution is 2.22. The summed E-state index contributed by atoms with van der Waals surface area (Å²) in [6.07, 6.45) is 2.74. The molecule has 6 heteroatoms. The van der Waals surface area contributed by atoms with Crippen LogP contribution in [0.25, 0.3) is 0 Å². The quantitative estimate of drug-likeness (QED) is 0.842. The third kappa shape index (κ3) is 4.96. The van der Waals surface area contributed by atoms with Gasteiger partial charge >= 0.3 is 0 Å². The fourth-order valence-corrected chi connectivity index (χ4v) is 2.85. The maximum Gasteiger partial charge on any atom is 0.179 e. The Morgan fingerprint density at radius 1 is 1.17 bits per heavy atom. The molecule has 0 spiro atoms. The molecule has 0 aliphatic carbocycles. The fraction of sp³-hybridized carbons (Fsp3) is 0.353. The molecule has 1 N–H and O–H groups in total. The van der Waals surface area contributed by atoms with E-state index in [9.17, 15) is 8.42 Å². The first-order valence-corrected chi connectivity index (χ1v) is 9.36. The standard InChI is InChI=1S/C17H22N2O3S/c1-13(2)12-22-15-8-5-4-7-14(15)11-19-17-16(23(3,20)21)9-6-10-18-17/h4-10,13H,11-12H2,1-3H3,(H,18,19). The van der Waals surface area contributed by atoms with Crippen molar-refractivity contribution in [2.45, 2.75) is 25.3 Å². The van der Waals surface area contributed by atoms with E-state index in [1.54, 1.807) is 18.3 Å². The van der Waals surface area contributed by atoms with Crippen molar-refractivity contribution in [2.24, 2.45) is 5.92 Å². The normalized spacial score (nSPS) is 11.5. The van der Waals surface area contributed by atoms with E-state index in [-0.39, 0.29) is 4.90 Å². The summed E-state index contributed by atoms with van der Waals surface area (Å²) in [4.78, 5) is 4.33. The molecule has 0 aliphatic rings. The van der Waals surface area contributed by atoms with Crippen LogP contribution in [0.15, 0.2) is 47.5 Å².